The highest BCUT2D eigenvalue weighted by molar-refractivity contribution is 7.99. The molecule has 1 atom stereocenters. The van der Waals surface area contributed by atoms with Crippen molar-refractivity contribution < 1.29 is 8.83 Å². The zero-order valence-corrected chi connectivity index (χ0v) is 34.8. The van der Waals surface area contributed by atoms with Gasteiger partial charge in [-0.25, -0.2) is 0 Å². The van der Waals surface area contributed by atoms with Crippen molar-refractivity contribution in [1.82, 2.24) is 0 Å². The average Bonchev–Trinajstić information content (AvgIpc) is 4.01. The number of rotatable bonds is 4. The van der Waals surface area contributed by atoms with Gasteiger partial charge in [-0.3, -0.25) is 0 Å². The number of benzene rings is 10. The lowest BCUT2D eigenvalue weighted by atomic mass is 9.67. The van der Waals surface area contributed by atoms with Crippen molar-refractivity contribution in [1.29, 1.82) is 0 Å². The Morgan fingerprint density at radius 2 is 0.952 bits per heavy atom. The van der Waals surface area contributed by atoms with Gasteiger partial charge in [0.1, 0.15) is 22.3 Å². The quantitative estimate of drug-likeness (QED) is 0.165. The first-order valence-electron chi connectivity index (χ1n) is 21.7. The molecular formula is C60H36O2S. The van der Waals surface area contributed by atoms with Crippen LogP contribution in [0.2, 0.25) is 0 Å². The van der Waals surface area contributed by atoms with E-state index >= 15 is 0 Å². The molecule has 2 nitrogen and oxygen atoms in total. The molecule has 0 N–H and O–H groups in total. The molecule has 294 valence electrons. The Bertz CT molecular complexity index is 3810. The number of furan rings is 2. The fourth-order valence-electron chi connectivity index (χ4n) is 11.3. The Morgan fingerprint density at radius 3 is 1.83 bits per heavy atom. The molecule has 0 radical (unpaired) electrons. The van der Waals surface area contributed by atoms with E-state index in [1.54, 1.807) is 0 Å². The van der Waals surface area contributed by atoms with Crippen LogP contribution in [0.15, 0.2) is 231 Å². The van der Waals surface area contributed by atoms with Gasteiger partial charge in [0, 0.05) is 42.8 Å². The summed E-state index contributed by atoms with van der Waals surface area (Å²) in [5.41, 5.74) is 17.0. The standard InChI is InChI=1S/C60H36O2S/c1-2-16-39-36(14-1)15-11-20-40(39)44-21-13-28-54-58(44)47-34-37(31-33-53(47)61-54)57(46-23-12-22-45-43-19-5-9-27-52(43)62-59(45)46)38-30-32-51-56(35-38)63-55-29-10-8-26-50(55)60(51)48-24-6-3-17-41(48)42-18-4-7-25-49(42)60/h1-35,57H. The van der Waals surface area contributed by atoms with Crippen LogP contribution in [0.4, 0.5) is 0 Å². The summed E-state index contributed by atoms with van der Waals surface area (Å²) < 4.78 is 13.5. The van der Waals surface area contributed by atoms with E-state index in [9.17, 15) is 0 Å². The number of para-hydroxylation sites is 2. The van der Waals surface area contributed by atoms with Crippen molar-refractivity contribution in [2.24, 2.45) is 0 Å². The Balaban J connectivity index is 1.03. The first-order valence-corrected chi connectivity index (χ1v) is 22.5. The highest BCUT2D eigenvalue weighted by atomic mass is 32.2. The van der Waals surface area contributed by atoms with E-state index in [2.05, 4.69) is 212 Å². The van der Waals surface area contributed by atoms with Crippen LogP contribution in [0.1, 0.15) is 44.9 Å². The first-order chi connectivity index (χ1) is 31.2. The minimum Gasteiger partial charge on any atom is -0.456 e. The summed E-state index contributed by atoms with van der Waals surface area (Å²) in [5, 5.41) is 6.93. The molecule has 0 fully saturated rings. The summed E-state index contributed by atoms with van der Waals surface area (Å²) >= 11 is 1.89. The Labute approximate surface area is 368 Å². The monoisotopic (exact) mass is 820 g/mol. The van der Waals surface area contributed by atoms with E-state index in [-0.39, 0.29) is 5.92 Å². The molecule has 3 heteroatoms. The van der Waals surface area contributed by atoms with Crippen LogP contribution in [-0.4, -0.2) is 0 Å². The van der Waals surface area contributed by atoms with Crippen LogP contribution in [0, 0.1) is 0 Å². The van der Waals surface area contributed by atoms with Gasteiger partial charge >= 0.3 is 0 Å². The van der Waals surface area contributed by atoms with E-state index in [0.717, 1.165) is 49.4 Å². The van der Waals surface area contributed by atoms with Crippen molar-refractivity contribution >= 4 is 66.4 Å². The summed E-state index contributed by atoms with van der Waals surface area (Å²) in [6.07, 6.45) is 0. The maximum Gasteiger partial charge on any atom is 0.139 e. The van der Waals surface area contributed by atoms with Crippen LogP contribution in [0.5, 0.6) is 0 Å². The minimum absolute atomic E-state index is 0.157. The topological polar surface area (TPSA) is 26.3 Å². The molecule has 1 aliphatic carbocycles. The molecule has 0 saturated carbocycles. The normalized spacial score (nSPS) is 14.0. The van der Waals surface area contributed by atoms with Gasteiger partial charge in [-0.2, -0.15) is 0 Å². The van der Waals surface area contributed by atoms with Crippen molar-refractivity contribution in [2.45, 2.75) is 21.1 Å². The van der Waals surface area contributed by atoms with Crippen LogP contribution in [-0.2, 0) is 5.41 Å². The summed E-state index contributed by atoms with van der Waals surface area (Å²) in [5.74, 6) is -0.157. The van der Waals surface area contributed by atoms with Crippen molar-refractivity contribution in [2.75, 3.05) is 0 Å². The summed E-state index contributed by atoms with van der Waals surface area (Å²) in [7, 11) is 0. The molecule has 12 aromatic rings. The van der Waals surface area contributed by atoms with Crippen molar-refractivity contribution in [3.8, 4) is 22.3 Å². The van der Waals surface area contributed by atoms with Crippen LogP contribution in [0.3, 0.4) is 0 Å². The van der Waals surface area contributed by atoms with Gasteiger partial charge in [0.2, 0.25) is 0 Å². The fraction of sp³-hybridized carbons (Fsp3) is 0.0333. The van der Waals surface area contributed by atoms with E-state index in [1.165, 1.54) is 76.2 Å². The molecule has 0 saturated heterocycles. The second-order valence-electron chi connectivity index (χ2n) is 17.0. The van der Waals surface area contributed by atoms with E-state index < -0.39 is 5.41 Å². The smallest absolute Gasteiger partial charge is 0.139 e. The Kier molecular flexibility index (Phi) is 7.35. The summed E-state index contributed by atoms with van der Waals surface area (Å²) in [6, 6.07) is 78.0. The molecule has 10 aromatic carbocycles. The van der Waals surface area contributed by atoms with E-state index in [4.69, 9.17) is 8.83 Å². The molecule has 1 spiro atoms. The molecular weight excluding hydrogens is 785 g/mol. The van der Waals surface area contributed by atoms with Gasteiger partial charge in [0.15, 0.2) is 0 Å². The van der Waals surface area contributed by atoms with Gasteiger partial charge in [-0.15, -0.1) is 0 Å². The Hall–Kier alpha value is -7.59. The lowest BCUT2D eigenvalue weighted by Gasteiger charge is -2.40. The van der Waals surface area contributed by atoms with Crippen LogP contribution < -0.4 is 0 Å². The first kappa shape index (κ1) is 35.1. The summed E-state index contributed by atoms with van der Waals surface area (Å²) in [6.45, 7) is 0. The van der Waals surface area contributed by atoms with Crippen molar-refractivity contribution in [3.05, 3.63) is 251 Å². The minimum atomic E-state index is -0.441. The average molecular weight is 821 g/mol. The zero-order chi connectivity index (χ0) is 41.2. The number of fused-ring (bicyclic) bond motifs is 16. The lowest BCUT2D eigenvalue weighted by molar-refractivity contribution is 0.660. The van der Waals surface area contributed by atoms with Gasteiger partial charge < -0.3 is 8.83 Å². The predicted octanol–water partition coefficient (Wildman–Crippen LogP) is 16.3. The fourth-order valence-corrected chi connectivity index (χ4v) is 12.6. The predicted molar refractivity (Wildman–Crippen MR) is 259 cm³/mol. The molecule has 1 aliphatic heterocycles. The molecule has 63 heavy (non-hydrogen) atoms. The SMILES string of the molecule is c1ccc2c(c1)Sc1cc(C(c3ccc4oc5cccc(-c6cccc7ccccc67)c5c4c3)c3cccc4c3oc3ccccc34)ccc1C21c2ccccc2-c2ccccc21. The molecule has 14 rings (SSSR count). The molecule has 0 bridgehead atoms. The largest absolute Gasteiger partial charge is 0.456 e. The highest BCUT2D eigenvalue weighted by Crippen LogP contribution is 2.62. The molecule has 3 heterocycles. The lowest BCUT2D eigenvalue weighted by Crippen LogP contribution is -2.32. The van der Waals surface area contributed by atoms with Gasteiger partial charge in [0.05, 0.1) is 5.41 Å². The zero-order valence-electron chi connectivity index (χ0n) is 34.0. The molecule has 0 amide bonds. The van der Waals surface area contributed by atoms with Crippen molar-refractivity contribution in [3.63, 3.8) is 0 Å². The van der Waals surface area contributed by atoms with Crippen LogP contribution >= 0.6 is 11.8 Å². The second-order valence-corrected chi connectivity index (χ2v) is 18.1. The van der Waals surface area contributed by atoms with Crippen LogP contribution in [0.25, 0.3) is 76.9 Å². The van der Waals surface area contributed by atoms with Gasteiger partial charge in [-0.05, 0) is 103 Å². The highest BCUT2D eigenvalue weighted by Gasteiger charge is 2.50. The third kappa shape index (κ3) is 4.86. The van der Waals surface area contributed by atoms with Gasteiger partial charge in [0.25, 0.3) is 0 Å². The number of hydrogen-bond donors (Lipinski definition) is 0. The van der Waals surface area contributed by atoms with E-state index in [1.807, 2.05) is 11.8 Å². The Morgan fingerprint density at radius 1 is 0.365 bits per heavy atom. The maximum absolute atomic E-state index is 6.86. The third-order valence-corrected chi connectivity index (χ3v) is 15.0. The van der Waals surface area contributed by atoms with E-state index in [0.29, 0.717) is 0 Å². The molecule has 2 aromatic heterocycles. The number of hydrogen-bond acceptors (Lipinski definition) is 3. The summed E-state index contributed by atoms with van der Waals surface area (Å²) in [4.78, 5) is 2.56. The second kappa shape index (κ2) is 13.2. The van der Waals surface area contributed by atoms with Gasteiger partial charge in [-0.1, -0.05) is 188 Å². The third-order valence-electron chi connectivity index (χ3n) is 13.9. The maximum atomic E-state index is 6.86. The molecule has 2 aliphatic rings. The molecule has 1 unspecified atom stereocenters.